The van der Waals surface area contributed by atoms with Gasteiger partial charge in [0.05, 0.1) is 6.10 Å². The number of nitrogens with one attached hydrogen (secondary N) is 1. The van der Waals surface area contributed by atoms with E-state index in [1.807, 2.05) is 6.92 Å². The van der Waals surface area contributed by atoms with Crippen molar-refractivity contribution in [1.29, 1.82) is 0 Å². The van der Waals surface area contributed by atoms with Gasteiger partial charge in [-0.3, -0.25) is 4.79 Å². The Morgan fingerprint density at radius 1 is 1.52 bits per heavy atom. The highest BCUT2D eigenvalue weighted by atomic mass is 19.4. The number of imidazole rings is 1. The third-order valence-corrected chi connectivity index (χ3v) is 3.97. The van der Waals surface area contributed by atoms with Gasteiger partial charge in [0.25, 0.3) is 0 Å². The van der Waals surface area contributed by atoms with Gasteiger partial charge < -0.3 is 19.7 Å². The van der Waals surface area contributed by atoms with E-state index in [-0.39, 0.29) is 12.6 Å². The number of amides is 1. The molecule has 1 fully saturated rings. The van der Waals surface area contributed by atoms with Gasteiger partial charge in [0, 0.05) is 32.4 Å². The Morgan fingerprint density at radius 3 is 2.70 bits per heavy atom. The second-order valence-corrected chi connectivity index (χ2v) is 5.77. The largest absolute Gasteiger partial charge is 0.424 e. The number of carbonyl (C=O) groups excluding carboxylic acids is 1. The summed E-state index contributed by atoms with van der Waals surface area (Å²) in [5.74, 6) is -0.969. The normalized spacial score (nSPS) is 24.4. The molecule has 130 valence electrons. The lowest BCUT2D eigenvalue weighted by Crippen LogP contribution is -2.47. The minimum atomic E-state index is -4.91. The molecule has 1 saturated heterocycles. The van der Waals surface area contributed by atoms with E-state index in [9.17, 15) is 23.1 Å². The van der Waals surface area contributed by atoms with Gasteiger partial charge in [-0.2, -0.15) is 13.2 Å². The maximum Gasteiger partial charge on any atom is 0.424 e. The highest BCUT2D eigenvalue weighted by molar-refractivity contribution is 5.80. The lowest BCUT2D eigenvalue weighted by atomic mass is 9.97. The quantitative estimate of drug-likeness (QED) is 0.849. The fourth-order valence-corrected chi connectivity index (χ4v) is 2.62. The Labute approximate surface area is 131 Å². The molecule has 0 aliphatic carbocycles. The molecule has 2 heterocycles. The van der Waals surface area contributed by atoms with Crippen LogP contribution in [0, 0.1) is 0 Å². The fraction of sp³-hybridized carbons (Fsp3) is 0.714. The van der Waals surface area contributed by atoms with Crippen LogP contribution in [-0.4, -0.2) is 45.5 Å². The molecule has 0 spiro atoms. The number of aromatic nitrogens is 2. The standard InChI is InChI=1S/C14H20F3N3O3/c1-9-3-4-10(23-9)11(21)18-6-5-13(22,14(15,16)17)12-19-7-8-20(12)2/h7-10,22H,3-6H2,1-2H3,(H,18,21). The van der Waals surface area contributed by atoms with Crippen molar-refractivity contribution in [3.63, 3.8) is 0 Å². The molecule has 1 amide bonds. The van der Waals surface area contributed by atoms with E-state index in [0.717, 1.165) is 11.0 Å². The van der Waals surface area contributed by atoms with Crippen molar-refractivity contribution in [2.45, 2.75) is 50.2 Å². The summed E-state index contributed by atoms with van der Waals surface area (Å²) >= 11 is 0. The van der Waals surface area contributed by atoms with E-state index in [2.05, 4.69) is 10.3 Å². The maximum atomic E-state index is 13.3. The summed E-state index contributed by atoms with van der Waals surface area (Å²) < 4.78 is 46.3. The number of aryl methyl sites for hydroxylation is 1. The summed E-state index contributed by atoms with van der Waals surface area (Å²) in [5.41, 5.74) is -3.12. The van der Waals surface area contributed by atoms with E-state index in [1.54, 1.807) is 0 Å². The molecule has 3 atom stereocenters. The molecule has 0 aromatic carbocycles. The van der Waals surface area contributed by atoms with Crippen LogP contribution in [-0.2, 0) is 22.2 Å². The van der Waals surface area contributed by atoms with E-state index in [1.165, 1.54) is 19.4 Å². The van der Waals surface area contributed by atoms with Crippen molar-refractivity contribution < 1.29 is 27.8 Å². The number of carbonyl (C=O) groups is 1. The van der Waals surface area contributed by atoms with E-state index >= 15 is 0 Å². The van der Waals surface area contributed by atoms with Gasteiger partial charge in [0.2, 0.25) is 11.5 Å². The Balaban J connectivity index is 2.00. The number of halogens is 3. The van der Waals surface area contributed by atoms with Crippen LogP contribution in [0.3, 0.4) is 0 Å². The topological polar surface area (TPSA) is 76.4 Å². The van der Waals surface area contributed by atoms with Crippen LogP contribution >= 0.6 is 0 Å². The summed E-state index contributed by atoms with van der Waals surface area (Å²) in [7, 11) is 1.37. The summed E-state index contributed by atoms with van der Waals surface area (Å²) in [6.45, 7) is 1.49. The number of alkyl halides is 3. The first-order valence-electron chi connectivity index (χ1n) is 7.35. The fourth-order valence-electron chi connectivity index (χ4n) is 2.62. The number of ether oxygens (including phenoxy) is 1. The molecular weight excluding hydrogens is 315 g/mol. The van der Waals surface area contributed by atoms with Gasteiger partial charge in [-0.25, -0.2) is 4.98 Å². The Kier molecular flexibility index (Phi) is 5.00. The molecule has 3 unspecified atom stereocenters. The maximum absolute atomic E-state index is 13.3. The summed E-state index contributed by atoms with van der Waals surface area (Å²) in [4.78, 5) is 15.5. The molecular formula is C14H20F3N3O3. The van der Waals surface area contributed by atoms with Gasteiger partial charge in [-0.1, -0.05) is 0 Å². The highest BCUT2D eigenvalue weighted by Gasteiger charge is 2.57. The molecule has 1 aliphatic rings. The summed E-state index contributed by atoms with van der Waals surface area (Å²) in [6.07, 6.45) is -2.54. The average Bonchev–Trinajstić information content (AvgIpc) is 3.06. The lowest BCUT2D eigenvalue weighted by Gasteiger charge is -2.30. The Hall–Kier alpha value is -1.61. The number of hydrogen-bond donors (Lipinski definition) is 2. The second kappa shape index (κ2) is 6.48. The van der Waals surface area contributed by atoms with Crippen LogP contribution in [0.5, 0.6) is 0 Å². The Bertz CT molecular complexity index is 561. The summed E-state index contributed by atoms with van der Waals surface area (Å²) in [5, 5.41) is 12.5. The Morgan fingerprint density at radius 2 is 2.22 bits per heavy atom. The monoisotopic (exact) mass is 335 g/mol. The van der Waals surface area contributed by atoms with Crippen molar-refractivity contribution in [3.05, 3.63) is 18.2 Å². The highest BCUT2D eigenvalue weighted by Crippen LogP contribution is 2.40. The molecule has 9 heteroatoms. The second-order valence-electron chi connectivity index (χ2n) is 5.77. The molecule has 1 aromatic rings. The number of rotatable bonds is 5. The van der Waals surface area contributed by atoms with Crippen molar-refractivity contribution in [2.24, 2.45) is 7.05 Å². The van der Waals surface area contributed by atoms with Gasteiger partial charge in [0.1, 0.15) is 11.9 Å². The molecule has 2 rings (SSSR count). The first-order valence-corrected chi connectivity index (χ1v) is 7.35. The zero-order valence-electron chi connectivity index (χ0n) is 12.9. The van der Waals surface area contributed by atoms with Gasteiger partial charge in [-0.05, 0) is 19.8 Å². The number of aliphatic hydroxyl groups is 1. The van der Waals surface area contributed by atoms with Gasteiger partial charge >= 0.3 is 6.18 Å². The minimum Gasteiger partial charge on any atom is -0.374 e. The third kappa shape index (κ3) is 3.66. The molecule has 1 aliphatic heterocycles. The van der Waals surface area contributed by atoms with Crippen LogP contribution in [0.2, 0.25) is 0 Å². The van der Waals surface area contributed by atoms with Gasteiger partial charge in [0.15, 0.2) is 0 Å². The van der Waals surface area contributed by atoms with E-state index in [4.69, 9.17) is 4.74 Å². The summed E-state index contributed by atoms with van der Waals surface area (Å²) in [6, 6.07) is 0. The molecule has 1 aromatic heterocycles. The SMILES string of the molecule is CC1CCC(C(=O)NCCC(O)(c2nccn2C)C(F)(F)F)O1. The zero-order chi connectivity index (χ0) is 17.3. The number of nitrogens with zero attached hydrogens (tertiary/aromatic N) is 2. The van der Waals surface area contributed by atoms with Crippen LogP contribution in [0.25, 0.3) is 0 Å². The van der Waals surface area contributed by atoms with Crippen LogP contribution in [0.4, 0.5) is 13.2 Å². The van der Waals surface area contributed by atoms with Crippen LogP contribution in [0.1, 0.15) is 32.0 Å². The van der Waals surface area contributed by atoms with Crippen molar-refractivity contribution in [2.75, 3.05) is 6.54 Å². The molecule has 0 bridgehead atoms. The van der Waals surface area contributed by atoms with Gasteiger partial charge in [-0.15, -0.1) is 0 Å². The molecule has 2 N–H and O–H groups in total. The van der Waals surface area contributed by atoms with Crippen molar-refractivity contribution in [1.82, 2.24) is 14.9 Å². The predicted octanol–water partition coefficient (Wildman–Crippen LogP) is 1.24. The zero-order valence-corrected chi connectivity index (χ0v) is 12.9. The number of hydrogen-bond acceptors (Lipinski definition) is 4. The van der Waals surface area contributed by atoms with Crippen LogP contribution in [0.15, 0.2) is 12.4 Å². The van der Waals surface area contributed by atoms with Crippen molar-refractivity contribution in [3.8, 4) is 0 Å². The first kappa shape index (κ1) is 17.7. The molecule has 6 nitrogen and oxygen atoms in total. The first-order chi connectivity index (χ1) is 10.6. The molecule has 23 heavy (non-hydrogen) atoms. The minimum absolute atomic E-state index is 0.0366. The molecule has 0 radical (unpaired) electrons. The van der Waals surface area contributed by atoms with Crippen molar-refractivity contribution >= 4 is 5.91 Å². The third-order valence-electron chi connectivity index (χ3n) is 3.97. The average molecular weight is 335 g/mol. The predicted molar refractivity (Wildman–Crippen MR) is 74.4 cm³/mol. The van der Waals surface area contributed by atoms with E-state index in [0.29, 0.717) is 6.42 Å². The van der Waals surface area contributed by atoms with Crippen LogP contribution < -0.4 is 5.32 Å². The molecule has 0 saturated carbocycles. The lowest BCUT2D eigenvalue weighted by molar-refractivity contribution is -0.272. The van der Waals surface area contributed by atoms with E-state index < -0.39 is 36.0 Å². The smallest absolute Gasteiger partial charge is 0.374 e.